The average molecular weight is 164 g/mol. The van der Waals surface area contributed by atoms with E-state index in [1.165, 1.54) is 12.5 Å². The summed E-state index contributed by atoms with van der Waals surface area (Å²) in [5.74, 6) is -1.20. The zero-order valence-corrected chi connectivity index (χ0v) is 6.43. The van der Waals surface area contributed by atoms with Gasteiger partial charge in [0.1, 0.15) is 5.54 Å². The maximum Gasteiger partial charge on any atom is 0.326 e. The zero-order chi connectivity index (χ0) is 8.91. The van der Waals surface area contributed by atoms with Crippen LogP contribution in [0.15, 0.2) is 0 Å². The van der Waals surface area contributed by atoms with Gasteiger partial charge in [0.15, 0.2) is 0 Å². The van der Waals surface area contributed by atoms with Gasteiger partial charge in [-0.15, -0.1) is 10.0 Å². The van der Waals surface area contributed by atoms with Crippen molar-refractivity contribution in [3.8, 4) is 0 Å². The van der Waals surface area contributed by atoms with Gasteiger partial charge in [-0.1, -0.05) is 0 Å². The van der Waals surface area contributed by atoms with E-state index in [0.29, 0.717) is 13.0 Å². The fraction of sp³-hybridized carbons (Fsp3) is 0.833. The first kappa shape index (κ1) is 10.3. The minimum absolute atomic E-state index is 0.190. The van der Waals surface area contributed by atoms with Crippen LogP contribution in [0.4, 0.5) is 4.48 Å². The summed E-state index contributed by atoms with van der Waals surface area (Å²) in [6, 6.07) is 0. The molecule has 66 valence electrons. The lowest BCUT2D eigenvalue weighted by Gasteiger charge is -2.20. The van der Waals surface area contributed by atoms with Gasteiger partial charge >= 0.3 is 5.97 Å². The Labute approximate surface area is 64.5 Å². The molecule has 0 aliphatic rings. The number of carboxylic acid groups (broad SMARTS) is 1. The Morgan fingerprint density at radius 2 is 2.36 bits per heavy atom. The van der Waals surface area contributed by atoms with Gasteiger partial charge in [0.2, 0.25) is 0 Å². The Kier molecular flexibility index (Phi) is 3.99. The summed E-state index contributed by atoms with van der Waals surface area (Å²) >= 11 is 0. The number of carboxylic acids is 1. The second kappa shape index (κ2) is 4.25. The summed E-state index contributed by atoms with van der Waals surface area (Å²) in [4.78, 5) is 10.4. The molecule has 0 spiro atoms. The first-order valence-electron chi connectivity index (χ1n) is 3.38. The monoisotopic (exact) mass is 164 g/mol. The molecule has 0 saturated carbocycles. The molecule has 0 saturated heterocycles. The SMILES string of the molecule is C[C@@](CCCN)(NF)C(=O)O. The van der Waals surface area contributed by atoms with Gasteiger partial charge in [0.05, 0.1) is 0 Å². The van der Waals surface area contributed by atoms with E-state index in [0.717, 1.165) is 0 Å². The average Bonchev–Trinajstić information content (AvgIpc) is 2.00. The van der Waals surface area contributed by atoms with Crippen LogP contribution in [0.2, 0.25) is 0 Å². The van der Waals surface area contributed by atoms with Crippen LogP contribution in [-0.2, 0) is 4.79 Å². The molecule has 0 bridgehead atoms. The molecule has 5 heteroatoms. The number of carbonyl (C=O) groups is 1. The molecule has 1 atom stereocenters. The van der Waals surface area contributed by atoms with Crippen molar-refractivity contribution in [2.24, 2.45) is 5.73 Å². The van der Waals surface area contributed by atoms with Crippen molar-refractivity contribution in [2.45, 2.75) is 25.3 Å². The van der Waals surface area contributed by atoms with Gasteiger partial charge < -0.3 is 10.8 Å². The van der Waals surface area contributed by atoms with E-state index in [2.05, 4.69) is 0 Å². The molecule has 0 rings (SSSR count). The predicted molar refractivity (Wildman–Crippen MR) is 38.6 cm³/mol. The van der Waals surface area contributed by atoms with E-state index in [9.17, 15) is 9.28 Å². The Morgan fingerprint density at radius 3 is 2.64 bits per heavy atom. The second-order valence-electron chi connectivity index (χ2n) is 2.62. The number of rotatable bonds is 5. The third-order valence-corrected chi connectivity index (χ3v) is 1.56. The summed E-state index contributed by atoms with van der Waals surface area (Å²) in [6.45, 7) is 1.65. The fourth-order valence-corrected chi connectivity index (χ4v) is 0.650. The van der Waals surface area contributed by atoms with Crippen molar-refractivity contribution in [3.05, 3.63) is 0 Å². The van der Waals surface area contributed by atoms with Crippen LogP contribution in [0, 0.1) is 0 Å². The number of hydrogen-bond donors (Lipinski definition) is 3. The van der Waals surface area contributed by atoms with E-state index in [1.54, 1.807) is 0 Å². The summed E-state index contributed by atoms with van der Waals surface area (Å²) in [7, 11) is 0. The van der Waals surface area contributed by atoms with Gasteiger partial charge in [-0.3, -0.25) is 4.79 Å². The van der Waals surface area contributed by atoms with Crippen molar-refractivity contribution >= 4 is 5.97 Å². The smallest absolute Gasteiger partial charge is 0.326 e. The van der Waals surface area contributed by atoms with Crippen LogP contribution in [0.5, 0.6) is 0 Å². The highest BCUT2D eigenvalue weighted by Gasteiger charge is 2.32. The molecule has 11 heavy (non-hydrogen) atoms. The van der Waals surface area contributed by atoms with Gasteiger partial charge in [-0.2, -0.15) is 0 Å². The van der Waals surface area contributed by atoms with Crippen molar-refractivity contribution in [3.63, 3.8) is 0 Å². The highest BCUT2D eigenvalue weighted by molar-refractivity contribution is 5.77. The van der Waals surface area contributed by atoms with Crippen molar-refractivity contribution < 1.29 is 14.4 Å². The second-order valence-corrected chi connectivity index (χ2v) is 2.62. The van der Waals surface area contributed by atoms with Crippen LogP contribution >= 0.6 is 0 Å². The number of hydrogen-bond acceptors (Lipinski definition) is 3. The molecule has 0 aliphatic carbocycles. The molecular weight excluding hydrogens is 151 g/mol. The van der Waals surface area contributed by atoms with Crippen LogP contribution in [0.1, 0.15) is 19.8 Å². The van der Waals surface area contributed by atoms with Gasteiger partial charge in [0.25, 0.3) is 0 Å². The van der Waals surface area contributed by atoms with Crippen molar-refractivity contribution in [1.29, 1.82) is 0 Å². The Bertz CT molecular complexity index is 143. The number of nitrogens with two attached hydrogens (primary N) is 1. The Hall–Kier alpha value is -0.680. The molecule has 4 nitrogen and oxygen atoms in total. The third-order valence-electron chi connectivity index (χ3n) is 1.56. The molecule has 4 N–H and O–H groups in total. The van der Waals surface area contributed by atoms with E-state index >= 15 is 0 Å². The summed E-state index contributed by atoms with van der Waals surface area (Å²) < 4.78 is 11.9. The minimum Gasteiger partial charge on any atom is -0.480 e. The topological polar surface area (TPSA) is 75.3 Å². The Morgan fingerprint density at radius 1 is 1.82 bits per heavy atom. The van der Waals surface area contributed by atoms with E-state index in [1.807, 2.05) is 0 Å². The normalized spacial score (nSPS) is 15.9. The maximum absolute atomic E-state index is 11.9. The molecule has 0 heterocycles. The van der Waals surface area contributed by atoms with Crippen LogP contribution in [-0.4, -0.2) is 23.2 Å². The number of aliphatic carboxylic acids is 1. The molecule has 0 aromatic carbocycles. The Balaban J connectivity index is 3.99. The summed E-state index contributed by atoms with van der Waals surface area (Å²) in [5, 5.41) is 8.52. The quantitative estimate of drug-likeness (QED) is 0.501. The van der Waals surface area contributed by atoms with E-state index in [4.69, 9.17) is 10.8 Å². The lowest BCUT2D eigenvalue weighted by Crippen LogP contribution is -2.45. The summed E-state index contributed by atoms with van der Waals surface area (Å²) in [5.41, 5.74) is 4.92. The first-order chi connectivity index (χ1) is 5.06. The molecule has 0 radical (unpaired) electrons. The molecule has 0 fully saturated rings. The maximum atomic E-state index is 11.9. The van der Waals surface area contributed by atoms with Gasteiger partial charge in [-0.05, 0) is 26.3 Å². The number of halogens is 1. The van der Waals surface area contributed by atoms with Crippen LogP contribution in [0.25, 0.3) is 0 Å². The van der Waals surface area contributed by atoms with Gasteiger partial charge in [-0.25, -0.2) is 0 Å². The molecule has 0 amide bonds. The van der Waals surface area contributed by atoms with E-state index in [-0.39, 0.29) is 6.42 Å². The van der Waals surface area contributed by atoms with Crippen molar-refractivity contribution in [1.82, 2.24) is 5.54 Å². The van der Waals surface area contributed by atoms with Crippen LogP contribution < -0.4 is 11.3 Å². The standard InChI is InChI=1S/C6H13FN2O2/c1-6(9-7,5(10)11)3-2-4-8/h9H,2-4,8H2,1H3,(H,10,11)/t6-/m0/s1. The largest absolute Gasteiger partial charge is 0.480 e. The molecule has 0 aromatic rings. The van der Waals surface area contributed by atoms with Crippen molar-refractivity contribution in [2.75, 3.05) is 6.54 Å². The molecular formula is C6H13FN2O2. The number of nitrogens with one attached hydrogen (secondary N) is 1. The molecule has 0 aliphatic heterocycles. The predicted octanol–water partition coefficient (Wildman–Crippen LogP) is 0.0427. The first-order valence-corrected chi connectivity index (χ1v) is 3.38. The van der Waals surface area contributed by atoms with E-state index < -0.39 is 11.5 Å². The minimum atomic E-state index is -1.49. The lowest BCUT2D eigenvalue weighted by molar-refractivity contribution is -0.146. The third kappa shape index (κ3) is 2.81. The zero-order valence-electron chi connectivity index (χ0n) is 6.43. The fourth-order valence-electron chi connectivity index (χ4n) is 0.650. The molecule has 0 aromatic heterocycles. The molecule has 0 unspecified atom stereocenters. The highest BCUT2D eigenvalue weighted by Crippen LogP contribution is 2.11. The highest BCUT2D eigenvalue weighted by atomic mass is 19.2. The van der Waals surface area contributed by atoms with Crippen LogP contribution in [0.3, 0.4) is 0 Å². The summed E-state index contributed by atoms with van der Waals surface area (Å²) in [6.07, 6.45) is 0.676. The van der Waals surface area contributed by atoms with Gasteiger partial charge in [0, 0.05) is 0 Å². The lowest BCUT2D eigenvalue weighted by atomic mass is 9.97.